The molecule has 3 heterocycles. The molecule has 1 saturated heterocycles. The molecule has 0 radical (unpaired) electrons. The molecule has 1 aliphatic carbocycles. The third-order valence-electron chi connectivity index (χ3n) is 6.31. The lowest BCUT2D eigenvalue weighted by atomic mass is 9.73. The SMILES string of the molecule is Cc1nc(CN2CCOCC2(C)C)c2nc(C3CCC(C)(C)CC3)sc2n1. The lowest BCUT2D eigenvalue weighted by molar-refractivity contribution is -0.0556. The zero-order chi connectivity index (χ0) is 19.2. The van der Waals surface area contributed by atoms with Gasteiger partial charge >= 0.3 is 0 Å². The van der Waals surface area contributed by atoms with E-state index in [9.17, 15) is 0 Å². The van der Waals surface area contributed by atoms with Crippen molar-refractivity contribution in [2.45, 2.75) is 78.3 Å². The highest BCUT2D eigenvalue weighted by atomic mass is 32.1. The summed E-state index contributed by atoms with van der Waals surface area (Å²) in [5.74, 6) is 1.44. The van der Waals surface area contributed by atoms with Crippen LogP contribution in [0.2, 0.25) is 0 Å². The molecule has 0 bridgehead atoms. The average Bonchev–Trinajstić information content (AvgIpc) is 3.00. The second kappa shape index (κ2) is 7.05. The van der Waals surface area contributed by atoms with Crippen molar-refractivity contribution in [3.05, 3.63) is 16.5 Å². The largest absolute Gasteiger partial charge is 0.378 e. The number of nitrogens with zero attached hydrogens (tertiary/aromatic N) is 4. The van der Waals surface area contributed by atoms with Gasteiger partial charge in [0.05, 0.1) is 23.9 Å². The molecule has 0 amide bonds. The fourth-order valence-corrected chi connectivity index (χ4v) is 5.48. The van der Waals surface area contributed by atoms with E-state index in [-0.39, 0.29) is 5.54 Å². The first kappa shape index (κ1) is 19.2. The lowest BCUT2D eigenvalue weighted by Gasteiger charge is -2.41. The first-order valence-electron chi connectivity index (χ1n) is 10.2. The van der Waals surface area contributed by atoms with Crippen molar-refractivity contribution >= 4 is 21.7 Å². The Morgan fingerprint density at radius 1 is 1.11 bits per heavy atom. The third kappa shape index (κ3) is 4.03. The summed E-state index contributed by atoms with van der Waals surface area (Å²) in [7, 11) is 0. The van der Waals surface area contributed by atoms with Gasteiger partial charge in [0.1, 0.15) is 16.2 Å². The van der Waals surface area contributed by atoms with Crippen LogP contribution >= 0.6 is 11.3 Å². The number of ether oxygens (including phenoxy) is 1. The minimum atomic E-state index is 0.0250. The lowest BCUT2D eigenvalue weighted by Crippen LogP contribution is -2.52. The molecular weight excluding hydrogens is 356 g/mol. The Hall–Kier alpha value is -1.11. The Kier molecular flexibility index (Phi) is 5.02. The molecule has 0 atom stereocenters. The van der Waals surface area contributed by atoms with E-state index < -0.39 is 0 Å². The molecule has 5 nitrogen and oxygen atoms in total. The molecule has 2 aromatic heterocycles. The van der Waals surface area contributed by atoms with Crippen molar-refractivity contribution < 1.29 is 4.74 Å². The number of fused-ring (bicyclic) bond motifs is 1. The fourth-order valence-electron chi connectivity index (χ4n) is 4.31. The second-order valence-corrected chi connectivity index (χ2v) is 10.7. The maximum atomic E-state index is 5.68. The number of hydrogen-bond acceptors (Lipinski definition) is 6. The summed E-state index contributed by atoms with van der Waals surface area (Å²) in [6, 6.07) is 0. The summed E-state index contributed by atoms with van der Waals surface area (Å²) < 4.78 is 5.68. The zero-order valence-corrected chi connectivity index (χ0v) is 18.2. The monoisotopic (exact) mass is 388 g/mol. The van der Waals surface area contributed by atoms with Gasteiger partial charge in [-0.05, 0) is 51.9 Å². The summed E-state index contributed by atoms with van der Waals surface area (Å²) in [5, 5.41) is 1.27. The van der Waals surface area contributed by atoms with Gasteiger partial charge in [0.25, 0.3) is 0 Å². The van der Waals surface area contributed by atoms with Crippen LogP contribution in [-0.4, -0.2) is 45.1 Å². The Balaban J connectivity index is 1.62. The quantitative estimate of drug-likeness (QED) is 0.763. The van der Waals surface area contributed by atoms with Gasteiger partial charge in [0.2, 0.25) is 0 Å². The molecule has 1 saturated carbocycles. The smallest absolute Gasteiger partial charge is 0.147 e. The summed E-state index contributed by atoms with van der Waals surface area (Å²) >= 11 is 1.79. The molecule has 0 spiro atoms. The molecule has 27 heavy (non-hydrogen) atoms. The summed E-state index contributed by atoms with van der Waals surface area (Å²) in [6.07, 6.45) is 5.05. The van der Waals surface area contributed by atoms with Gasteiger partial charge in [0, 0.05) is 24.5 Å². The van der Waals surface area contributed by atoms with Crippen LogP contribution in [0, 0.1) is 12.3 Å². The Bertz CT molecular complexity index is 819. The van der Waals surface area contributed by atoms with E-state index in [0.29, 0.717) is 11.3 Å². The fraction of sp³-hybridized carbons (Fsp3) is 0.762. The predicted octanol–water partition coefficient (Wildman–Crippen LogP) is 4.69. The van der Waals surface area contributed by atoms with Crippen LogP contribution in [0.5, 0.6) is 0 Å². The van der Waals surface area contributed by atoms with Gasteiger partial charge in [-0.25, -0.2) is 15.0 Å². The average molecular weight is 389 g/mol. The van der Waals surface area contributed by atoms with Gasteiger partial charge in [-0.3, -0.25) is 4.90 Å². The van der Waals surface area contributed by atoms with E-state index in [2.05, 4.69) is 32.6 Å². The van der Waals surface area contributed by atoms with E-state index in [0.717, 1.165) is 48.2 Å². The van der Waals surface area contributed by atoms with E-state index in [4.69, 9.17) is 19.7 Å². The van der Waals surface area contributed by atoms with Crippen LogP contribution in [0.15, 0.2) is 0 Å². The van der Waals surface area contributed by atoms with Crippen molar-refractivity contribution in [1.29, 1.82) is 0 Å². The minimum absolute atomic E-state index is 0.0250. The first-order chi connectivity index (χ1) is 12.7. The number of aryl methyl sites for hydroxylation is 1. The van der Waals surface area contributed by atoms with Gasteiger partial charge < -0.3 is 4.74 Å². The van der Waals surface area contributed by atoms with Gasteiger partial charge in [0.15, 0.2) is 0 Å². The molecule has 4 rings (SSSR count). The summed E-state index contributed by atoms with van der Waals surface area (Å²) in [6.45, 7) is 14.6. The molecule has 0 aromatic carbocycles. The maximum absolute atomic E-state index is 5.68. The van der Waals surface area contributed by atoms with Gasteiger partial charge in [-0.1, -0.05) is 25.2 Å². The molecule has 2 aromatic rings. The minimum Gasteiger partial charge on any atom is -0.378 e. The van der Waals surface area contributed by atoms with E-state index in [1.165, 1.54) is 30.7 Å². The number of morpholine rings is 1. The molecule has 6 heteroatoms. The number of hydrogen-bond donors (Lipinski definition) is 0. The molecule has 0 unspecified atom stereocenters. The van der Waals surface area contributed by atoms with Gasteiger partial charge in [-0.15, -0.1) is 0 Å². The number of rotatable bonds is 3. The molecule has 148 valence electrons. The topological polar surface area (TPSA) is 51.1 Å². The Morgan fingerprint density at radius 2 is 1.85 bits per heavy atom. The number of aromatic nitrogens is 3. The molecule has 2 fully saturated rings. The molecule has 2 aliphatic rings. The third-order valence-corrected chi connectivity index (χ3v) is 7.42. The van der Waals surface area contributed by atoms with Crippen LogP contribution in [0.3, 0.4) is 0 Å². The van der Waals surface area contributed by atoms with Crippen LogP contribution in [0.1, 0.15) is 75.8 Å². The summed E-state index contributed by atoms with van der Waals surface area (Å²) in [4.78, 5) is 18.1. The Morgan fingerprint density at radius 3 is 2.56 bits per heavy atom. The first-order valence-corrected chi connectivity index (χ1v) is 11.0. The standard InChI is InChI=1S/C21H32N4OS/c1-14-22-16(12-25-10-11-26-13-21(25,4)5)17-19(23-14)27-18(24-17)15-6-8-20(2,3)9-7-15/h15H,6-13H2,1-5H3. The van der Waals surface area contributed by atoms with Crippen LogP contribution < -0.4 is 0 Å². The van der Waals surface area contributed by atoms with Gasteiger partial charge in [-0.2, -0.15) is 0 Å². The van der Waals surface area contributed by atoms with Crippen molar-refractivity contribution in [3.8, 4) is 0 Å². The molecule has 1 aliphatic heterocycles. The van der Waals surface area contributed by atoms with E-state index in [1.807, 2.05) is 6.92 Å². The zero-order valence-electron chi connectivity index (χ0n) is 17.3. The normalized spacial score (nSPS) is 23.7. The predicted molar refractivity (Wildman–Crippen MR) is 110 cm³/mol. The van der Waals surface area contributed by atoms with Crippen molar-refractivity contribution in [1.82, 2.24) is 19.9 Å². The van der Waals surface area contributed by atoms with Crippen LogP contribution in [-0.2, 0) is 11.3 Å². The molecule has 0 N–H and O–H groups in total. The van der Waals surface area contributed by atoms with Crippen molar-refractivity contribution in [2.75, 3.05) is 19.8 Å². The van der Waals surface area contributed by atoms with Crippen molar-refractivity contribution in [3.63, 3.8) is 0 Å². The number of thiazole rings is 1. The second-order valence-electron chi connectivity index (χ2n) is 9.65. The summed E-state index contributed by atoms with van der Waals surface area (Å²) in [5.41, 5.74) is 2.60. The highest BCUT2D eigenvalue weighted by Crippen LogP contribution is 2.44. The highest BCUT2D eigenvalue weighted by Gasteiger charge is 2.32. The van der Waals surface area contributed by atoms with E-state index >= 15 is 0 Å². The molecular formula is C21H32N4OS. The van der Waals surface area contributed by atoms with E-state index in [1.54, 1.807) is 11.3 Å². The van der Waals surface area contributed by atoms with Crippen molar-refractivity contribution in [2.24, 2.45) is 5.41 Å². The van der Waals surface area contributed by atoms with Crippen LogP contribution in [0.25, 0.3) is 10.3 Å². The van der Waals surface area contributed by atoms with Crippen LogP contribution in [0.4, 0.5) is 0 Å². The Labute approximate surface area is 166 Å². The highest BCUT2D eigenvalue weighted by molar-refractivity contribution is 7.18. The maximum Gasteiger partial charge on any atom is 0.147 e.